The molecule has 0 aliphatic rings. The van der Waals surface area contributed by atoms with Gasteiger partial charge in [0, 0.05) is 15.6 Å². The van der Waals surface area contributed by atoms with Gasteiger partial charge in [-0.25, -0.2) is 0 Å². The highest BCUT2D eigenvalue weighted by Crippen LogP contribution is 2.34. The van der Waals surface area contributed by atoms with Crippen LogP contribution in [0, 0.1) is 6.92 Å². The van der Waals surface area contributed by atoms with E-state index in [4.69, 9.17) is 11.6 Å². The van der Waals surface area contributed by atoms with Crippen LogP contribution in [-0.2, 0) is 5.88 Å². The average molecular weight is 213 g/mol. The van der Waals surface area contributed by atoms with Gasteiger partial charge in [0.05, 0.1) is 5.88 Å². The molecule has 2 rings (SSSR count). The third-order valence-corrected chi connectivity index (χ3v) is 3.46. The Morgan fingerprint density at radius 1 is 1.54 bits per heavy atom. The van der Waals surface area contributed by atoms with Crippen LogP contribution in [0.15, 0.2) is 17.5 Å². The monoisotopic (exact) mass is 212 g/mol. The van der Waals surface area contributed by atoms with Gasteiger partial charge >= 0.3 is 0 Å². The predicted molar refractivity (Wildman–Crippen MR) is 57.8 cm³/mol. The zero-order valence-corrected chi connectivity index (χ0v) is 8.75. The molecule has 0 spiro atoms. The minimum Gasteiger partial charge on any atom is -0.508 e. The molecule has 0 unspecified atom stereocenters. The molecule has 0 fully saturated rings. The summed E-state index contributed by atoms with van der Waals surface area (Å²) >= 11 is 7.45. The molecule has 1 nitrogen and oxygen atoms in total. The van der Waals surface area contributed by atoms with E-state index in [0.717, 1.165) is 16.5 Å². The first-order chi connectivity index (χ1) is 6.24. The van der Waals surface area contributed by atoms with E-state index in [2.05, 4.69) is 0 Å². The van der Waals surface area contributed by atoms with Gasteiger partial charge in [-0.3, -0.25) is 0 Å². The first kappa shape index (κ1) is 8.85. The van der Waals surface area contributed by atoms with Gasteiger partial charge < -0.3 is 5.11 Å². The van der Waals surface area contributed by atoms with E-state index in [1.54, 1.807) is 17.4 Å². The van der Waals surface area contributed by atoms with Gasteiger partial charge in [0.1, 0.15) is 5.75 Å². The number of aryl methyl sites for hydroxylation is 1. The Hall–Kier alpha value is -0.730. The molecular formula is C10H9ClOS. The van der Waals surface area contributed by atoms with Crippen LogP contribution in [-0.4, -0.2) is 5.11 Å². The van der Waals surface area contributed by atoms with Crippen molar-refractivity contribution in [1.82, 2.24) is 0 Å². The summed E-state index contributed by atoms with van der Waals surface area (Å²) in [5.74, 6) is 0.665. The van der Waals surface area contributed by atoms with E-state index < -0.39 is 0 Å². The molecule has 0 aliphatic carbocycles. The van der Waals surface area contributed by atoms with Crippen LogP contribution in [0.25, 0.3) is 10.1 Å². The molecule has 1 aromatic carbocycles. The number of phenolic OH excluding ortho intramolecular Hbond substituents is 1. The van der Waals surface area contributed by atoms with Gasteiger partial charge in [-0.15, -0.1) is 22.9 Å². The van der Waals surface area contributed by atoms with Gasteiger partial charge in [0.25, 0.3) is 0 Å². The van der Waals surface area contributed by atoms with E-state index in [-0.39, 0.29) is 0 Å². The number of thiophene rings is 1. The third-order valence-electron chi connectivity index (χ3n) is 2.14. The van der Waals surface area contributed by atoms with E-state index in [9.17, 15) is 5.11 Å². The van der Waals surface area contributed by atoms with Crippen molar-refractivity contribution in [3.8, 4) is 5.75 Å². The highest BCUT2D eigenvalue weighted by molar-refractivity contribution is 7.17. The molecule has 1 heterocycles. The number of fused-ring (bicyclic) bond motifs is 1. The van der Waals surface area contributed by atoms with Gasteiger partial charge in [-0.1, -0.05) is 0 Å². The Kier molecular flexibility index (Phi) is 2.18. The maximum absolute atomic E-state index is 9.63. The zero-order valence-electron chi connectivity index (χ0n) is 7.17. The molecule has 0 saturated heterocycles. The van der Waals surface area contributed by atoms with Crippen LogP contribution < -0.4 is 0 Å². The molecule has 0 amide bonds. The summed E-state index contributed by atoms with van der Waals surface area (Å²) in [5, 5.41) is 12.7. The largest absolute Gasteiger partial charge is 0.508 e. The van der Waals surface area contributed by atoms with Crippen molar-refractivity contribution >= 4 is 33.0 Å². The minimum atomic E-state index is 0.304. The van der Waals surface area contributed by atoms with E-state index >= 15 is 0 Å². The molecule has 2 aromatic rings. The summed E-state index contributed by atoms with van der Waals surface area (Å²) in [4.78, 5) is 0. The fourth-order valence-corrected chi connectivity index (χ4v) is 2.67. The molecule has 0 atom stereocenters. The van der Waals surface area contributed by atoms with Crippen LogP contribution in [0.4, 0.5) is 0 Å². The topological polar surface area (TPSA) is 20.2 Å². The predicted octanol–water partition coefficient (Wildman–Crippen LogP) is 3.65. The molecule has 0 saturated carbocycles. The number of halogens is 1. The Morgan fingerprint density at radius 2 is 2.31 bits per heavy atom. The van der Waals surface area contributed by atoms with Crippen molar-refractivity contribution in [1.29, 1.82) is 0 Å². The van der Waals surface area contributed by atoms with Crippen LogP contribution in [0.1, 0.15) is 11.1 Å². The van der Waals surface area contributed by atoms with Gasteiger partial charge in [0.15, 0.2) is 0 Å². The molecule has 0 bridgehead atoms. The average Bonchev–Trinajstić information content (AvgIpc) is 2.53. The summed E-state index contributed by atoms with van der Waals surface area (Å²) in [7, 11) is 0. The first-order valence-corrected chi connectivity index (χ1v) is 5.40. The van der Waals surface area contributed by atoms with Crippen molar-refractivity contribution < 1.29 is 5.11 Å². The van der Waals surface area contributed by atoms with E-state index in [0.29, 0.717) is 11.6 Å². The van der Waals surface area contributed by atoms with Crippen LogP contribution in [0.2, 0.25) is 0 Å². The zero-order chi connectivity index (χ0) is 9.42. The lowest BCUT2D eigenvalue weighted by molar-refractivity contribution is 0.471. The van der Waals surface area contributed by atoms with E-state index in [1.165, 1.54) is 4.70 Å². The molecule has 68 valence electrons. The van der Waals surface area contributed by atoms with Gasteiger partial charge in [0.2, 0.25) is 0 Å². The number of hydrogen-bond donors (Lipinski definition) is 1. The second-order valence-corrected chi connectivity index (χ2v) is 4.17. The minimum absolute atomic E-state index is 0.304. The normalized spacial score (nSPS) is 10.9. The lowest BCUT2D eigenvalue weighted by atomic mass is 10.1. The maximum Gasteiger partial charge on any atom is 0.120 e. The Balaban J connectivity index is 2.88. The van der Waals surface area contributed by atoms with Gasteiger partial charge in [-0.05, 0) is 30.0 Å². The molecule has 0 radical (unpaired) electrons. The van der Waals surface area contributed by atoms with Gasteiger partial charge in [-0.2, -0.15) is 0 Å². The highest BCUT2D eigenvalue weighted by Gasteiger charge is 2.09. The van der Waals surface area contributed by atoms with Crippen molar-refractivity contribution in [3.05, 3.63) is 28.6 Å². The first-order valence-electron chi connectivity index (χ1n) is 3.98. The fraction of sp³-hybridized carbons (Fsp3) is 0.200. The van der Waals surface area contributed by atoms with Crippen molar-refractivity contribution in [2.24, 2.45) is 0 Å². The molecule has 3 heteroatoms. The fourth-order valence-electron chi connectivity index (χ4n) is 1.49. The molecule has 1 aromatic heterocycles. The third kappa shape index (κ3) is 1.30. The molecule has 1 N–H and O–H groups in total. The number of rotatable bonds is 1. The second-order valence-electron chi connectivity index (χ2n) is 2.99. The quantitative estimate of drug-likeness (QED) is 0.716. The molecule has 0 aliphatic heterocycles. The maximum atomic E-state index is 9.63. The van der Waals surface area contributed by atoms with Crippen molar-refractivity contribution in [2.45, 2.75) is 12.8 Å². The number of hydrogen-bond acceptors (Lipinski definition) is 2. The smallest absolute Gasteiger partial charge is 0.120 e. The van der Waals surface area contributed by atoms with E-state index in [1.807, 2.05) is 18.4 Å². The summed E-state index contributed by atoms with van der Waals surface area (Å²) in [6, 6.07) is 3.78. The number of alkyl halides is 1. The SMILES string of the molecule is Cc1cc(O)c(CCl)c2ccsc12. The van der Waals surface area contributed by atoms with Crippen LogP contribution in [0.3, 0.4) is 0 Å². The van der Waals surface area contributed by atoms with Crippen molar-refractivity contribution in [3.63, 3.8) is 0 Å². The Bertz CT molecular complexity index is 447. The second kappa shape index (κ2) is 3.20. The Labute approximate surface area is 85.6 Å². The number of phenols is 1. The lowest BCUT2D eigenvalue weighted by Gasteiger charge is -2.04. The number of benzene rings is 1. The summed E-state index contributed by atoms with van der Waals surface area (Å²) in [6.45, 7) is 2.00. The van der Waals surface area contributed by atoms with Crippen LogP contribution >= 0.6 is 22.9 Å². The molecular weight excluding hydrogens is 204 g/mol. The van der Waals surface area contributed by atoms with Crippen LogP contribution in [0.5, 0.6) is 5.75 Å². The number of aromatic hydroxyl groups is 1. The molecule has 13 heavy (non-hydrogen) atoms. The standard InChI is InChI=1S/C10H9ClOS/c1-6-4-9(12)8(5-11)7-2-3-13-10(6)7/h2-4,12H,5H2,1H3. The summed E-state index contributed by atoms with van der Waals surface area (Å²) < 4.78 is 1.22. The summed E-state index contributed by atoms with van der Waals surface area (Å²) in [5.41, 5.74) is 1.94. The van der Waals surface area contributed by atoms with Crippen molar-refractivity contribution in [2.75, 3.05) is 0 Å². The highest BCUT2D eigenvalue weighted by atomic mass is 35.5. The summed E-state index contributed by atoms with van der Waals surface area (Å²) in [6.07, 6.45) is 0. The lowest BCUT2D eigenvalue weighted by Crippen LogP contribution is -1.83. The Morgan fingerprint density at radius 3 is 3.00 bits per heavy atom.